The third kappa shape index (κ3) is 3.14. The minimum Gasteiger partial charge on any atom is -0.508 e. The van der Waals surface area contributed by atoms with Crippen molar-refractivity contribution in [3.8, 4) is 11.4 Å². The van der Waals surface area contributed by atoms with E-state index in [4.69, 9.17) is 0 Å². The molecule has 0 fully saturated rings. The molecule has 0 spiro atoms. The van der Waals surface area contributed by atoms with Gasteiger partial charge in [0.25, 0.3) is 0 Å². The number of nitrogens with one attached hydrogen (secondary N) is 1. The number of phenolic OH excluding ortho intramolecular Hbond substituents is 1. The van der Waals surface area contributed by atoms with Gasteiger partial charge in [-0.3, -0.25) is 0 Å². The van der Waals surface area contributed by atoms with Gasteiger partial charge in [-0.2, -0.15) is 0 Å². The normalized spacial score (nSPS) is 10.5. The number of tetrazole rings is 1. The second kappa shape index (κ2) is 5.58. The Labute approximate surface area is 119 Å². The van der Waals surface area contributed by atoms with Crippen molar-refractivity contribution in [3.63, 3.8) is 0 Å². The van der Waals surface area contributed by atoms with E-state index in [-0.39, 0.29) is 5.75 Å². The molecule has 106 valence electrons. The Kier molecular flexibility index (Phi) is 3.46. The summed E-state index contributed by atoms with van der Waals surface area (Å²) in [6, 6.07) is 11.4. The van der Waals surface area contributed by atoms with Gasteiger partial charge in [-0.05, 0) is 52.4 Å². The van der Waals surface area contributed by atoms with Gasteiger partial charge in [0.1, 0.15) is 17.9 Å². The van der Waals surface area contributed by atoms with Gasteiger partial charge in [0, 0.05) is 18.3 Å². The van der Waals surface area contributed by atoms with Gasteiger partial charge < -0.3 is 10.4 Å². The van der Waals surface area contributed by atoms with E-state index < -0.39 is 5.82 Å². The molecule has 0 bridgehead atoms. The lowest BCUT2D eigenvalue weighted by molar-refractivity contribution is 0.468. The van der Waals surface area contributed by atoms with Gasteiger partial charge in [-0.25, -0.2) is 9.07 Å². The van der Waals surface area contributed by atoms with Crippen LogP contribution in [0.2, 0.25) is 0 Å². The van der Waals surface area contributed by atoms with E-state index in [0.29, 0.717) is 12.1 Å². The Morgan fingerprint density at radius 2 is 1.95 bits per heavy atom. The van der Waals surface area contributed by atoms with Crippen molar-refractivity contribution in [2.24, 2.45) is 0 Å². The highest BCUT2D eigenvalue weighted by atomic mass is 19.1. The minimum absolute atomic E-state index is 0.0826. The molecule has 0 saturated heterocycles. The standard InChI is InChI=1S/C14H12FN5O/c15-11-5-10(6-14(21)7-11)8-16-12-1-3-13(4-2-12)20-9-17-18-19-20/h1-7,9,16,21H,8H2. The number of aromatic hydroxyl groups is 1. The second-order valence-electron chi connectivity index (χ2n) is 4.47. The van der Waals surface area contributed by atoms with Crippen LogP contribution in [0.3, 0.4) is 0 Å². The average Bonchev–Trinajstić information content (AvgIpc) is 2.99. The number of anilines is 1. The summed E-state index contributed by atoms with van der Waals surface area (Å²) in [5.74, 6) is -0.540. The number of aromatic nitrogens is 4. The lowest BCUT2D eigenvalue weighted by Gasteiger charge is -2.08. The van der Waals surface area contributed by atoms with Gasteiger partial charge in [0.15, 0.2) is 0 Å². The lowest BCUT2D eigenvalue weighted by Crippen LogP contribution is -2.00. The van der Waals surface area contributed by atoms with E-state index >= 15 is 0 Å². The van der Waals surface area contributed by atoms with Crippen molar-refractivity contribution in [2.45, 2.75) is 6.54 Å². The molecule has 0 atom stereocenters. The van der Waals surface area contributed by atoms with E-state index in [9.17, 15) is 9.50 Å². The van der Waals surface area contributed by atoms with Gasteiger partial charge in [-0.15, -0.1) is 5.10 Å². The molecular weight excluding hydrogens is 273 g/mol. The summed E-state index contributed by atoms with van der Waals surface area (Å²) in [6.45, 7) is 0.412. The molecule has 3 rings (SSSR count). The molecule has 1 heterocycles. The quantitative estimate of drug-likeness (QED) is 0.768. The molecule has 0 unspecified atom stereocenters. The first-order valence-electron chi connectivity index (χ1n) is 6.26. The number of halogens is 1. The third-order valence-corrected chi connectivity index (χ3v) is 2.92. The lowest BCUT2D eigenvalue weighted by atomic mass is 10.2. The molecule has 0 radical (unpaired) electrons. The summed E-state index contributed by atoms with van der Waals surface area (Å²) in [5.41, 5.74) is 2.38. The smallest absolute Gasteiger partial charge is 0.143 e. The Morgan fingerprint density at radius 1 is 1.14 bits per heavy atom. The Hall–Kier alpha value is -2.96. The van der Waals surface area contributed by atoms with Crippen LogP contribution in [0.15, 0.2) is 48.8 Å². The SMILES string of the molecule is Oc1cc(F)cc(CNc2ccc(-n3cnnn3)cc2)c1. The molecule has 6 nitrogen and oxygen atoms in total. The first-order valence-corrected chi connectivity index (χ1v) is 6.26. The molecule has 3 aromatic rings. The van der Waals surface area contributed by atoms with Crippen LogP contribution in [0.5, 0.6) is 5.75 Å². The van der Waals surface area contributed by atoms with E-state index in [2.05, 4.69) is 20.8 Å². The first-order chi connectivity index (χ1) is 10.2. The van der Waals surface area contributed by atoms with E-state index in [0.717, 1.165) is 17.4 Å². The fourth-order valence-corrected chi connectivity index (χ4v) is 1.95. The van der Waals surface area contributed by atoms with Gasteiger partial charge in [0.05, 0.1) is 5.69 Å². The predicted molar refractivity (Wildman–Crippen MR) is 74.5 cm³/mol. The molecule has 1 aromatic heterocycles. The van der Waals surface area contributed by atoms with Crippen molar-refractivity contribution in [2.75, 3.05) is 5.32 Å². The third-order valence-electron chi connectivity index (χ3n) is 2.92. The average molecular weight is 285 g/mol. The van der Waals surface area contributed by atoms with Crippen molar-refractivity contribution in [1.29, 1.82) is 0 Å². The highest BCUT2D eigenvalue weighted by molar-refractivity contribution is 5.48. The summed E-state index contributed by atoms with van der Waals surface area (Å²) in [7, 11) is 0. The molecule has 0 aliphatic carbocycles. The zero-order valence-corrected chi connectivity index (χ0v) is 10.9. The van der Waals surface area contributed by atoms with Crippen LogP contribution in [-0.2, 0) is 6.54 Å². The molecular formula is C14H12FN5O. The zero-order chi connectivity index (χ0) is 14.7. The highest BCUT2D eigenvalue weighted by Gasteiger charge is 2.01. The maximum Gasteiger partial charge on any atom is 0.143 e. The van der Waals surface area contributed by atoms with E-state index in [1.54, 1.807) is 4.68 Å². The van der Waals surface area contributed by atoms with Crippen LogP contribution in [0, 0.1) is 5.82 Å². The Balaban J connectivity index is 1.68. The van der Waals surface area contributed by atoms with Crippen molar-refractivity contribution < 1.29 is 9.50 Å². The summed E-state index contributed by atoms with van der Waals surface area (Å²) in [4.78, 5) is 0. The number of hydrogen-bond donors (Lipinski definition) is 2. The topological polar surface area (TPSA) is 75.9 Å². The zero-order valence-electron chi connectivity index (χ0n) is 10.9. The Morgan fingerprint density at radius 3 is 2.62 bits per heavy atom. The highest BCUT2D eigenvalue weighted by Crippen LogP contribution is 2.17. The fraction of sp³-hybridized carbons (Fsp3) is 0.0714. The molecule has 0 aliphatic heterocycles. The van der Waals surface area contributed by atoms with Crippen LogP contribution < -0.4 is 5.32 Å². The molecule has 21 heavy (non-hydrogen) atoms. The van der Waals surface area contributed by atoms with E-state index in [1.165, 1.54) is 18.5 Å². The molecule has 7 heteroatoms. The number of phenols is 1. The Bertz CT molecular complexity index is 707. The summed E-state index contributed by atoms with van der Waals surface area (Å²) >= 11 is 0. The van der Waals surface area contributed by atoms with Crippen molar-refractivity contribution in [3.05, 3.63) is 60.2 Å². The van der Waals surface area contributed by atoms with Gasteiger partial charge >= 0.3 is 0 Å². The molecule has 0 aliphatic rings. The monoisotopic (exact) mass is 285 g/mol. The minimum atomic E-state index is -0.458. The molecule has 2 aromatic carbocycles. The summed E-state index contributed by atoms with van der Waals surface area (Å²) < 4.78 is 14.7. The summed E-state index contributed by atoms with van der Waals surface area (Å²) in [6.07, 6.45) is 1.51. The van der Waals surface area contributed by atoms with Crippen LogP contribution in [-0.4, -0.2) is 25.3 Å². The van der Waals surface area contributed by atoms with Crippen molar-refractivity contribution >= 4 is 5.69 Å². The number of hydrogen-bond acceptors (Lipinski definition) is 5. The van der Waals surface area contributed by atoms with Gasteiger partial charge in [-0.1, -0.05) is 0 Å². The van der Waals surface area contributed by atoms with E-state index in [1.807, 2.05) is 24.3 Å². The number of rotatable bonds is 4. The maximum absolute atomic E-state index is 13.2. The van der Waals surface area contributed by atoms with Crippen LogP contribution >= 0.6 is 0 Å². The molecule has 0 saturated carbocycles. The predicted octanol–water partition coefficient (Wildman–Crippen LogP) is 2.12. The first kappa shape index (κ1) is 13.0. The van der Waals surface area contributed by atoms with Gasteiger partial charge in [0.2, 0.25) is 0 Å². The van der Waals surface area contributed by atoms with Crippen LogP contribution in [0.4, 0.5) is 10.1 Å². The fourth-order valence-electron chi connectivity index (χ4n) is 1.95. The largest absolute Gasteiger partial charge is 0.508 e. The maximum atomic E-state index is 13.2. The van der Waals surface area contributed by atoms with Crippen molar-refractivity contribution in [1.82, 2.24) is 20.2 Å². The molecule has 0 amide bonds. The second-order valence-corrected chi connectivity index (χ2v) is 4.47. The van der Waals surface area contributed by atoms with Crippen LogP contribution in [0.25, 0.3) is 5.69 Å². The number of nitrogens with zero attached hydrogens (tertiary/aromatic N) is 4. The summed E-state index contributed by atoms with van der Waals surface area (Å²) in [5, 5.41) is 23.4. The number of benzene rings is 2. The molecule has 2 N–H and O–H groups in total. The van der Waals surface area contributed by atoms with Crippen LogP contribution in [0.1, 0.15) is 5.56 Å².